The third-order valence-corrected chi connectivity index (χ3v) is 8.26. The van der Waals surface area contributed by atoms with Gasteiger partial charge in [0.1, 0.15) is 5.02 Å². The summed E-state index contributed by atoms with van der Waals surface area (Å²) >= 11 is 6.43. The molecule has 0 amide bonds. The number of piperidine rings is 1. The number of alkyl halides is 2. The molecule has 37 heavy (non-hydrogen) atoms. The highest BCUT2D eigenvalue weighted by atomic mass is 35.5. The SMILES string of the molecule is C[C@@H]1CN(c2ncc(Cl)c(Nc3ccc4c(c3)C3=C(OCC[C@H](C5CC5)N3)C(=O)C4)n2)C[C@H](C)C1(F)F. The van der Waals surface area contributed by atoms with Crippen LogP contribution < -0.4 is 15.5 Å². The summed E-state index contributed by atoms with van der Waals surface area (Å²) in [7, 11) is 0. The molecule has 4 aliphatic rings. The summed E-state index contributed by atoms with van der Waals surface area (Å²) < 4.78 is 34.6. The molecule has 0 unspecified atom stereocenters. The number of anilines is 3. The Morgan fingerprint density at radius 1 is 1.19 bits per heavy atom. The Morgan fingerprint density at radius 2 is 1.95 bits per heavy atom. The number of halogens is 3. The lowest BCUT2D eigenvalue weighted by Gasteiger charge is -2.41. The molecular formula is C27H30ClF2N5O2. The Labute approximate surface area is 219 Å². The summed E-state index contributed by atoms with van der Waals surface area (Å²) in [5, 5.41) is 7.22. The fourth-order valence-corrected chi connectivity index (χ4v) is 5.75. The van der Waals surface area contributed by atoms with E-state index in [1.54, 1.807) is 18.7 Å². The molecule has 0 bridgehead atoms. The first kappa shape index (κ1) is 24.4. The second-order valence-electron chi connectivity index (χ2n) is 10.8. The van der Waals surface area contributed by atoms with Gasteiger partial charge in [-0.25, -0.2) is 13.8 Å². The van der Waals surface area contributed by atoms with Crippen LogP contribution in [-0.2, 0) is 16.0 Å². The van der Waals surface area contributed by atoms with Crippen molar-refractivity contribution in [3.8, 4) is 0 Å². The van der Waals surface area contributed by atoms with Gasteiger partial charge in [-0.05, 0) is 36.5 Å². The zero-order valence-corrected chi connectivity index (χ0v) is 21.6. The van der Waals surface area contributed by atoms with Crippen LogP contribution in [0.1, 0.15) is 44.2 Å². The first-order valence-corrected chi connectivity index (χ1v) is 13.3. The molecule has 10 heteroatoms. The molecule has 1 aromatic carbocycles. The standard InChI is InChI=1S/C27H30ClF2N5O2/c1-14-12-35(13-15(2)27(14,29)30)26-31-11-20(28)25(34-26)32-18-6-5-17-9-22(36)24-23(19(17)10-18)33-21(7-8-37-24)16-3-4-16/h5-6,10-11,14-16,21,33H,3-4,7-9,12-13H2,1-2H3,(H,31,32,34)/t14-,15+,21-/m1/s1. The van der Waals surface area contributed by atoms with E-state index in [1.807, 2.05) is 18.2 Å². The van der Waals surface area contributed by atoms with Gasteiger partial charge in [0.05, 0.1) is 18.5 Å². The highest BCUT2D eigenvalue weighted by molar-refractivity contribution is 6.32. The molecule has 1 saturated carbocycles. The van der Waals surface area contributed by atoms with Crippen molar-refractivity contribution in [2.45, 2.75) is 51.5 Å². The number of nitrogens with one attached hydrogen (secondary N) is 2. The summed E-state index contributed by atoms with van der Waals surface area (Å²) in [6.07, 6.45) is 5.05. The number of hydrogen-bond donors (Lipinski definition) is 2. The van der Waals surface area contributed by atoms with Gasteiger partial charge in [-0.2, -0.15) is 4.98 Å². The Kier molecular flexibility index (Phi) is 6.01. The molecule has 7 nitrogen and oxygen atoms in total. The second-order valence-corrected chi connectivity index (χ2v) is 11.2. The van der Waals surface area contributed by atoms with Crippen molar-refractivity contribution in [2.24, 2.45) is 17.8 Å². The molecule has 1 saturated heterocycles. The third-order valence-electron chi connectivity index (χ3n) is 7.99. The maximum absolute atomic E-state index is 14.3. The minimum absolute atomic E-state index is 0.00814. The van der Waals surface area contributed by atoms with Crippen molar-refractivity contribution >= 4 is 40.5 Å². The number of Topliss-reactive ketones (excluding diaryl/α,β-unsaturated/α-hetero) is 1. The van der Waals surface area contributed by atoms with Gasteiger partial charge in [-0.3, -0.25) is 4.79 Å². The number of ether oxygens (including phenoxy) is 1. The van der Waals surface area contributed by atoms with E-state index < -0.39 is 17.8 Å². The van der Waals surface area contributed by atoms with E-state index in [0.717, 1.165) is 28.9 Å². The third kappa shape index (κ3) is 4.51. The van der Waals surface area contributed by atoms with E-state index in [0.29, 0.717) is 47.5 Å². The average molecular weight is 530 g/mol. The predicted octanol–water partition coefficient (Wildman–Crippen LogP) is 5.18. The molecule has 2 fully saturated rings. The number of rotatable bonds is 4. The Balaban J connectivity index is 1.28. The van der Waals surface area contributed by atoms with Crippen LogP contribution in [0.3, 0.4) is 0 Å². The lowest BCUT2D eigenvalue weighted by atomic mass is 9.87. The van der Waals surface area contributed by atoms with Gasteiger partial charge in [-0.15, -0.1) is 0 Å². The smallest absolute Gasteiger partial charge is 0.256 e. The quantitative estimate of drug-likeness (QED) is 0.564. The van der Waals surface area contributed by atoms with Crippen LogP contribution in [0, 0.1) is 17.8 Å². The number of carbonyl (C=O) groups is 1. The van der Waals surface area contributed by atoms with Crippen LogP contribution in [0.2, 0.25) is 5.02 Å². The maximum atomic E-state index is 14.3. The molecule has 2 N–H and O–H groups in total. The number of nitrogens with zero attached hydrogens (tertiary/aromatic N) is 3. The number of carbonyl (C=O) groups excluding carboxylic acids is 1. The highest BCUT2D eigenvalue weighted by Gasteiger charge is 2.47. The summed E-state index contributed by atoms with van der Waals surface area (Å²) in [4.78, 5) is 23.5. The molecule has 6 rings (SSSR count). The molecular weight excluding hydrogens is 500 g/mol. The number of fused-ring (bicyclic) bond motifs is 2. The number of aromatic nitrogens is 2. The summed E-state index contributed by atoms with van der Waals surface area (Å²) in [5.41, 5.74) is 3.37. The van der Waals surface area contributed by atoms with Gasteiger partial charge >= 0.3 is 0 Å². The fourth-order valence-electron chi connectivity index (χ4n) is 5.61. The Morgan fingerprint density at radius 3 is 2.68 bits per heavy atom. The van der Waals surface area contributed by atoms with E-state index in [1.165, 1.54) is 19.0 Å². The molecule has 3 heterocycles. The Hall–Kier alpha value is -2.94. The summed E-state index contributed by atoms with van der Waals surface area (Å²) in [6.45, 7) is 3.96. The van der Waals surface area contributed by atoms with Gasteiger partial charge in [-0.1, -0.05) is 31.5 Å². The minimum atomic E-state index is -2.73. The van der Waals surface area contributed by atoms with Gasteiger partial charge in [0.15, 0.2) is 11.6 Å². The van der Waals surface area contributed by atoms with Gasteiger partial charge in [0.2, 0.25) is 11.7 Å². The van der Waals surface area contributed by atoms with Crippen LogP contribution in [0.5, 0.6) is 0 Å². The monoisotopic (exact) mass is 529 g/mol. The van der Waals surface area contributed by atoms with E-state index in [9.17, 15) is 13.6 Å². The first-order valence-electron chi connectivity index (χ1n) is 12.9. The van der Waals surface area contributed by atoms with Crippen molar-refractivity contribution < 1.29 is 18.3 Å². The lowest BCUT2D eigenvalue weighted by Crippen LogP contribution is -2.52. The van der Waals surface area contributed by atoms with Gasteiger partial charge < -0.3 is 20.3 Å². The molecule has 0 radical (unpaired) electrons. The van der Waals surface area contributed by atoms with Crippen LogP contribution in [-0.4, -0.2) is 47.4 Å². The van der Waals surface area contributed by atoms with Crippen molar-refractivity contribution in [1.29, 1.82) is 0 Å². The molecule has 2 aromatic rings. The predicted molar refractivity (Wildman–Crippen MR) is 138 cm³/mol. The van der Waals surface area contributed by atoms with Gasteiger partial charge in [0, 0.05) is 55.1 Å². The van der Waals surface area contributed by atoms with Crippen LogP contribution >= 0.6 is 11.6 Å². The maximum Gasteiger partial charge on any atom is 0.256 e. The Bertz CT molecular complexity index is 1270. The number of allylic oxidation sites excluding steroid dienone is 1. The average Bonchev–Trinajstić information content (AvgIpc) is 3.71. The van der Waals surface area contributed by atoms with Crippen LogP contribution in [0.4, 0.5) is 26.2 Å². The molecule has 2 aliphatic carbocycles. The largest absolute Gasteiger partial charge is 0.488 e. The van der Waals surface area contributed by atoms with Crippen molar-refractivity contribution in [3.63, 3.8) is 0 Å². The van der Waals surface area contributed by atoms with E-state index in [-0.39, 0.29) is 18.9 Å². The number of hydrogen-bond acceptors (Lipinski definition) is 7. The summed E-state index contributed by atoms with van der Waals surface area (Å²) in [5.74, 6) is -2.57. The van der Waals surface area contributed by atoms with E-state index >= 15 is 0 Å². The summed E-state index contributed by atoms with van der Waals surface area (Å²) in [6, 6.07) is 6.09. The van der Waals surface area contributed by atoms with E-state index in [2.05, 4.69) is 20.6 Å². The molecule has 1 aromatic heterocycles. The van der Waals surface area contributed by atoms with Crippen LogP contribution in [0.25, 0.3) is 5.70 Å². The molecule has 0 spiro atoms. The zero-order valence-electron chi connectivity index (χ0n) is 20.9. The topological polar surface area (TPSA) is 79.4 Å². The molecule has 2 aliphatic heterocycles. The second kappa shape index (κ2) is 9.11. The number of benzene rings is 1. The van der Waals surface area contributed by atoms with Crippen molar-refractivity contribution in [3.05, 3.63) is 46.3 Å². The van der Waals surface area contributed by atoms with Crippen molar-refractivity contribution in [1.82, 2.24) is 15.3 Å². The number of ketones is 1. The zero-order chi connectivity index (χ0) is 25.9. The molecule has 3 atom stereocenters. The van der Waals surface area contributed by atoms with E-state index in [4.69, 9.17) is 16.3 Å². The minimum Gasteiger partial charge on any atom is -0.488 e. The lowest BCUT2D eigenvalue weighted by molar-refractivity contribution is -0.118. The van der Waals surface area contributed by atoms with Crippen molar-refractivity contribution in [2.75, 3.05) is 29.9 Å². The normalized spacial score (nSPS) is 27.0. The highest BCUT2D eigenvalue weighted by Crippen LogP contribution is 2.41. The van der Waals surface area contributed by atoms with Crippen LogP contribution in [0.15, 0.2) is 30.2 Å². The first-order chi connectivity index (χ1) is 17.7. The van der Waals surface area contributed by atoms with Gasteiger partial charge in [0.25, 0.3) is 5.92 Å². The molecule has 196 valence electrons. The fraction of sp³-hybridized carbons (Fsp3) is 0.519.